The number of aromatic nitrogens is 2. The molecule has 1 amide bonds. The van der Waals surface area contributed by atoms with Crippen LogP contribution in [-0.2, 0) is 11.3 Å². The molecule has 0 aliphatic heterocycles. The third-order valence-electron chi connectivity index (χ3n) is 4.10. The van der Waals surface area contributed by atoms with Gasteiger partial charge in [-0.25, -0.2) is 4.98 Å². The lowest BCUT2D eigenvalue weighted by atomic mass is 10.2. The Morgan fingerprint density at radius 2 is 2.00 bits per heavy atom. The minimum atomic E-state index is -0.137. The second-order valence-electron chi connectivity index (χ2n) is 6.14. The van der Waals surface area contributed by atoms with Crippen molar-refractivity contribution in [2.45, 2.75) is 25.5 Å². The van der Waals surface area contributed by atoms with E-state index in [4.69, 9.17) is 9.47 Å². The zero-order chi connectivity index (χ0) is 20.6. The van der Waals surface area contributed by atoms with E-state index in [2.05, 4.69) is 21.4 Å². The third kappa shape index (κ3) is 5.12. The summed E-state index contributed by atoms with van der Waals surface area (Å²) in [7, 11) is 0. The Kier molecular flexibility index (Phi) is 7.19. The lowest BCUT2D eigenvalue weighted by molar-refractivity contribution is -0.113. The number of imidazole rings is 1. The first-order chi connectivity index (χ1) is 14.2. The van der Waals surface area contributed by atoms with Gasteiger partial charge in [0.25, 0.3) is 0 Å². The molecule has 29 heavy (non-hydrogen) atoms. The Morgan fingerprint density at radius 1 is 1.21 bits per heavy atom. The Labute approximate surface area is 174 Å². The average molecular weight is 412 g/mol. The van der Waals surface area contributed by atoms with E-state index in [0.29, 0.717) is 36.9 Å². The van der Waals surface area contributed by atoms with Gasteiger partial charge in [0.05, 0.1) is 35.7 Å². The number of thioether (sulfide) groups is 1. The number of rotatable bonds is 10. The maximum Gasteiger partial charge on any atom is 0.234 e. The summed E-state index contributed by atoms with van der Waals surface area (Å²) in [5.41, 5.74) is 2.53. The van der Waals surface area contributed by atoms with Crippen molar-refractivity contribution in [3.05, 3.63) is 55.1 Å². The van der Waals surface area contributed by atoms with Crippen molar-refractivity contribution < 1.29 is 14.3 Å². The molecule has 0 aliphatic rings. The van der Waals surface area contributed by atoms with Crippen LogP contribution in [0.5, 0.6) is 11.5 Å². The van der Waals surface area contributed by atoms with E-state index >= 15 is 0 Å². The van der Waals surface area contributed by atoms with E-state index in [0.717, 1.165) is 16.2 Å². The quantitative estimate of drug-likeness (QED) is 0.385. The predicted octanol–water partition coefficient (Wildman–Crippen LogP) is 4.75. The van der Waals surface area contributed by atoms with Gasteiger partial charge in [0.15, 0.2) is 5.16 Å². The van der Waals surface area contributed by atoms with Crippen molar-refractivity contribution in [3.63, 3.8) is 0 Å². The van der Waals surface area contributed by atoms with Gasteiger partial charge in [0, 0.05) is 12.6 Å². The van der Waals surface area contributed by atoms with Crippen LogP contribution in [0.15, 0.2) is 60.3 Å². The highest BCUT2D eigenvalue weighted by Gasteiger charge is 2.14. The Balaban J connectivity index is 1.73. The number of nitrogens with zero attached hydrogens (tertiary/aromatic N) is 2. The van der Waals surface area contributed by atoms with Crippen LogP contribution in [0.25, 0.3) is 11.0 Å². The predicted molar refractivity (Wildman–Crippen MR) is 118 cm³/mol. The second-order valence-corrected chi connectivity index (χ2v) is 7.09. The summed E-state index contributed by atoms with van der Waals surface area (Å²) in [6, 6.07) is 13.3. The number of benzene rings is 2. The fourth-order valence-electron chi connectivity index (χ4n) is 2.93. The molecule has 1 aromatic heterocycles. The number of carbonyl (C=O) groups is 1. The van der Waals surface area contributed by atoms with Crippen LogP contribution < -0.4 is 14.8 Å². The Morgan fingerprint density at radius 3 is 2.76 bits per heavy atom. The fourth-order valence-corrected chi connectivity index (χ4v) is 3.75. The molecule has 2 aromatic carbocycles. The zero-order valence-electron chi connectivity index (χ0n) is 16.7. The van der Waals surface area contributed by atoms with E-state index in [9.17, 15) is 4.79 Å². The van der Waals surface area contributed by atoms with Gasteiger partial charge in [-0.3, -0.25) is 4.79 Å². The maximum atomic E-state index is 12.6. The van der Waals surface area contributed by atoms with Crippen LogP contribution in [0.4, 0.5) is 5.69 Å². The summed E-state index contributed by atoms with van der Waals surface area (Å²) >= 11 is 1.39. The average Bonchev–Trinajstić information content (AvgIpc) is 3.07. The van der Waals surface area contributed by atoms with Gasteiger partial charge in [0.1, 0.15) is 11.5 Å². The van der Waals surface area contributed by atoms with Gasteiger partial charge in [-0.15, -0.1) is 6.58 Å². The first-order valence-electron chi connectivity index (χ1n) is 9.54. The Bertz CT molecular complexity index is 1000. The molecular formula is C22H25N3O3S. The standard InChI is InChI=1S/C22H25N3O3S/c1-4-13-25-19-10-8-7-9-17(19)24-22(25)29-15-21(26)23-18-14-16(27-5-2)11-12-20(18)28-6-3/h4,7-12,14H,1,5-6,13,15H2,2-3H3,(H,23,26). The van der Waals surface area contributed by atoms with E-state index in [1.807, 2.05) is 50.3 Å². The van der Waals surface area contributed by atoms with Gasteiger partial charge in [0.2, 0.25) is 5.91 Å². The molecule has 0 saturated heterocycles. The van der Waals surface area contributed by atoms with Crippen LogP contribution in [0, 0.1) is 0 Å². The molecule has 0 fully saturated rings. The smallest absolute Gasteiger partial charge is 0.234 e. The lowest BCUT2D eigenvalue weighted by Gasteiger charge is -2.13. The van der Waals surface area contributed by atoms with Crippen molar-refractivity contribution in [2.24, 2.45) is 0 Å². The first-order valence-corrected chi connectivity index (χ1v) is 10.5. The molecule has 7 heteroatoms. The number of para-hydroxylation sites is 2. The molecular weight excluding hydrogens is 386 g/mol. The number of fused-ring (bicyclic) bond motifs is 1. The summed E-state index contributed by atoms with van der Waals surface area (Å²) in [5, 5.41) is 3.71. The summed E-state index contributed by atoms with van der Waals surface area (Å²) in [5.74, 6) is 1.40. The van der Waals surface area contributed by atoms with E-state index in [-0.39, 0.29) is 11.7 Å². The molecule has 0 radical (unpaired) electrons. The zero-order valence-corrected chi connectivity index (χ0v) is 17.5. The molecule has 0 spiro atoms. The van der Waals surface area contributed by atoms with Crippen LogP contribution >= 0.6 is 11.8 Å². The summed E-state index contributed by atoms with van der Waals surface area (Å²) in [4.78, 5) is 17.3. The van der Waals surface area contributed by atoms with Gasteiger partial charge in [-0.1, -0.05) is 30.0 Å². The molecule has 3 rings (SSSR count). The first kappa shape index (κ1) is 20.8. The van der Waals surface area contributed by atoms with Crippen molar-refractivity contribution >= 4 is 34.4 Å². The third-order valence-corrected chi connectivity index (χ3v) is 5.08. The number of hydrogen-bond acceptors (Lipinski definition) is 5. The van der Waals surface area contributed by atoms with Gasteiger partial charge >= 0.3 is 0 Å². The van der Waals surface area contributed by atoms with E-state index in [1.165, 1.54) is 11.8 Å². The Hall–Kier alpha value is -2.93. The molecule has 0 unspecified atom stereocenters. The fraction of sp³-hybridized carbons (Fsp3) is 0.273. The summed E-state index contributed by atoms with van der Waals surface area (Å²) in [6.07, 6.45) is 1.83. The monoisotopic (exact) mass is 411 g/mol. The normalized spacial score (nSPS) is 10.7. The lowest BCUT2D eigenvalue weighted by Crippen LogP contribution is -2.15. The SMILES string of the molecule is C=CCn1c(SCC(=O)Nc2cc(OCC)ccc2OCC)nc2ccccc21. The number of ether oxygens (including phenoxy) is 2. The molecule has 1 heterocycles. The summed E-state index contributed by atoms with van der Waals surface area (Å²) in [6.45, 7) is 9.34. The van der Waals surface area contributed by atoms with Gasteiger partial charge in [-0.05, 0) is 38.1 Å². The second kappa shape index (κ2) is 10.0. The summed E-state index contributed by atoms with van der Waals surface area (Å²) < 4.78 is 13.2. The van der Waals surface area contributed by atoms with Gasteiger partial charge < -0.3 is 19.4 Å². The van der Waals surface area contributed by atoms with Gasteiger partial charge in [-0.2, -0.15) is 0 Å². The van der Waals surface area contributed by atoms with Crippen molar-refractivity contribution in [1.82, 2.24) is 9.55 Å². The number of nitrogens with one attached hydrogen (secondary N) is 1. The molecule has 0 saturated carbocycles. The number of anilines is 1. The topological polar surface area (TPSA) is 65.4 Å². The van der Waals surface area contributed by atoms with Crippen molar-refractivity contribution in [1.29, 1.82) is 0 Å². The molecule has 3 aromatic rings. The minimum Gasteiger partial charge on any atom is -0.494 e. The van der Waals surface area contributed by atoms with E-state index < -0.39 is 0 Å². The number of hydrogen-bond donors (Lipinski definition) is 1. The van der Waals surface area contributed by atoms with Crippen LogP contribution in [0.3, 0.4) is 0 Å². The molecule has 0 bridgehead atoms. The van der Waals surface area contributed by atoms with Crippen LogP contribution in [0.1, 0.15) is 13.8 Å². The number of carbonyl (C=O) groups excluding carboxylic acids is 1. The highest BCUT2D eigenvalue weighted by Crippen LogP contribution is 2.30. The highest BCUT2D eigenvalue weighted by molar-refractivity contribution is 7.99. The van der Waals surface area contributed by atoms with Crippen LogP contribution in [0.2, 0.25) is 0 Å². The molecule has 0 aliphatic carbocycles. The van der Waals surface area contributed by atoms with Crippen molar-refractivity contribution in [2.75, 3.05) is 24.3 Å². The van der Waals surface area contributed by atoms with E-state index in [1.54, 1.807) is 12.1 Å². The minimum absolute atomic E-state index is 0.137. The van der Waals surface area contributed by atoms with Crippen molar-refractivity contribution in [3.8, 4) is 11.5 Å². The molecule has 152 valence electrons. The number of allylic oxidation sites excluding steroid dienone is 1. The highest BCUT2D eigenvalue weighted by atomic mass is 32.2. The number of amides is 1. The molecule has 0 atom stereocenters. The maximum absolute atomic E-state index is 12.6. The van der Waals surface area contributed by atoms with Crippen LogP contribution in [-0.4, -0.2) is 34.4 Å². The largest absolute Gasteiger partial charge is 0.494 e. The molecule has 6 nitrogen and oxygen atoms in total. The molecule has 1 N–H and O–H groups in total.